The second kappa shape index (κ2) is 6.43. The summed E-state index contributed by atoms with van der Waals surface area (Å²) in [7, 11) is 0. The average molecular weight is 316 g/mol. The Balaban J connectivity index is 2.07. The van der Waals surface area contributed by atoms with Crippen LogP contribution in [0.4, 0.5) is 0 Å². The summed E-state index contributed by atoms with van der Waals surface area (Å²) in [6.07, 6.45) is 0. The molecular weight excluding hydrogens is 301 g/mol. The molecule has 0 radical (unpaired) electrons. The van der Waals surface area contributed by atoms with E-state index in [2.05, 4.69) is 0 Å². The number of carbonyl (C=O) groups is 2. The zero-order valence-electron chi connectivity index (χ0n) is 10.8. The first kappa shape index (κ1) is 15.1. The summed E-state index contributed by atoms with van der Waals surface area (Å²) in [5.74, 6) is -0.312. The molecule has 0 unspecified atom stereocenters. The number of hydrogen-bond donors (Lipinski definition) is 1. The molecule has 2 N–H and O–H groups in total. The lowest BCUT2D eigenvalue weighted by atomic mass is 10.1. The van der Waals surface area contributed by atoms with E-state index in [0.29, 0.717) is 41.8 Å². The Labute approximate surface area is 127 Å². The number of rotatable bonds is 2. The molecule has 20 heavy (non-hydrogen) atoms. The van der Waals surface area contributed by atoms with Crippen molar-refractivity contribution in [2.75, 3.05) is 32.7 Å². The van der Waals surface area contributed by atoms with E-state index in [4.69, 9.17) is 28.9 Å². The van der Waals surface area contributed by atoms with Crippen LogP contribution in [-0.4, -0.2) is 54.3 Å². The number of nitrogens with zero attached hydrogens (tertiary/aromatic N) is 2. The zero-order valence-corrected chi connectivity index (χ0v) is 12.3. The van der Waals surface area contributed by atoms with Crippen molar-refractivity contribution in [2.24, 2.45) is 5.73 Å². The van der Waals surface area contributed by atoms with Crippen molar-refractivity contribution >= 4 is 35.0 Å². The van der Waals surface area contributed by atoms with Gasteiger partial charge in [0.05, 0.1) is 22.2 Å². The van der Waals surface area contributed by atoms with Crippen molar-refractivity contribution in [3.8, 4) is 0 Å². The van der Waals surface area contributed by atoms with Crippen molar-refractivity contribution in [2.45, 2.75) is 0 Å². The van der Waals surface area contributed by atoms with Gasteiger partial charge in [0, 0.05) is 26.2 Å². The molecule has 0 aromatic heterocycles. The molecule has 2 rings (SSSR count). The summed E-state index contributed by atoms with van der Waals surface area (Å²) in [6, 6.07) is 4.96. The molecule has 108 valence electrons. The summed E-state index contributed by atoms with van der Waals surface area (Å²) >= 11 is 12.1. The van der Waals surface area contributed by atoms with Crippen LogP contribution in [0.3, 0.4) is 0 Å². The predicted molar refractivity (Wildman–Crippen MR) is 78.0 cm³/mol. The lowest BCUT2D eigenvalue weighted by Gasteiger charge is -2.34. The maximum atomic E-state index is 12.4. The smallest absolute Gasteiger partial charge is 0.257 e. The lowest BCUT2D eigenvalue weighted by Crippen LogP contribution is -2.52. The largest absolute Gasteiger partial charge is 0.338 e. The monoisotopic (exact) mass is 315 g/mol. The van der Waals surface area contributed by atoms with Crippen LogP contribution in [0, 0.1) is 0 Å². The maximum Gasteiger partial charge on any atom is 0.257 e. The quantitative estimate of drug-likeness (QED) is 0.892. The van der Waals surface area contributed by atoms with E-state index in [1.807, 2.05) is 0 Å². The van der Waals surface area contributed by atoms with Gasteiger partial charge in [-0.05, 0) is 12.1 Å². The molecule has 5 nitrogen and oxygen atoms in total. The third-order valence-electron chi connectivity index (χ3n) is 3.27. The minimum atomic E-state index is -0.208. The van der Waals surface area contributed by atoms with E-state index in [0.717, 1.165) is 0 Å². The number of hydrogen-bond acceptors (Lipinski definition) is 3. The number of amides is 2. The third kappa shape index (κ3) is 3.06. The van der Waals surface area contributed by atoms with Gasteiger partial charge in [-0.25, -0.2) is 0 Å². The molecule has 2 amide bonds. The van der Waals surface area contributed by atoms with Gasteiger partial charge in [-0.1, -0.05) is 29.3 Å². The Bertz CT molecular complexity index is 508. The molecule has 0 bridgehead atoms. The molecule has 0 aliphatic carbocycles. The van der Waals surface area contributed by atoms with Gasteiger partial charge in [0.25, 0.3) is 5.91 Å². The van der Waals surface area contributed by atoms with Crippen LogP contribution in [0.1, 0.15) is 10.4 Å². The highest BCUT2D eigenvalue weighted by Gasteiger charge is 2.26. The number of halogens is 2. The van der Waals surface area contributed by atoms with Crippen LogP contribution < -0.4 is 5.73 Å². The molecule has 1 aliphatic rings. The summed E-state index contributed by atoms with van der Waals surface area (Å²) in [6.45, 7) is 1.84. The Hall–Kier alpha value is -1.30. The van der Waals surface area contributed by atoms with E-state index < -0.39 is 0 Å². The van der Waals surface area contributed by atoms with E-state index in [1.54, 1.807) is 28.0 Å². The van der Waals surface area contributed by atoms with Crippen LogP contribution in [-0.2, 0) is 4.79 Å². The summed E-state index contributed by atoms with van der Waals surface area (Å²) in [5, 5.41) is 0.672. The highest BCUT2D eigenvalue weighted by molar-refractivity contribution is 6.39. The highest BCUT2D eigenvalue weighted by atomic mass is 35.5. The molecule has 0 spiro atoms. The molecule has 1 fully saturated rings. The molecule has 1 aromatic carbocycles. The molecule has 0 atom stereocenters. The van der Waals surface area contributed by atoms with E-state index in [9.17, 15) is 9.59 Å². The van der Waals surface area contributed by atoms with Gasteiger partial charge in [0.2, 0.25) is 5.91 Å². The van der Waals surface area contributed by atoms with Gasteiger partial charge >= 0.3 is 0 Å². The van der Waals surface area contributed by atoms with Gasteiger partial charge < -0.3 is 15.5 Å². The maximum absolute atomic E-state index is 12.4. The fourth-order valence-electron chi connectivity index (χ4n) is 2.15. The summed E-state index contributed by atoms with van der Waals surface area (Å²) in [4.78, 5) is 27.2. The van der Waals surface area contributed by atoms with Crippen LogP contribution in [0.25, 0.3) is 0 Å². The molecule has 0 saturated carbocycles. The minimum Gasteiger partial charge on any atom is -0.338 e. The number of carbonyl (C=O) groups excluding carboxylic acids is 2. The van der Waals surface area contributed by atoms with Crippen LogP contribution in [0.15, 0.2) is 18.2 Å². The minimum absolute atomic E-state index is 0.00963. The molecular formula is C13H15Cl2N3O2. The standard InChI is InChI=1S/C13H15Cl2N3O2/c14-9-2-1-3-10(15)12(9)13(20)18-6-4-17(5-7-18)11(19)8-16/h1-3H,4-8,16H2. The van der Waals surface area contributed by atoms with Gasteiger partial charge in [-0.15, -0.1) is 0 Å². The Morgan fingerprint density at radius 3 is 2.05 bits per heavy atom. The number of benzene rings is 1. The Kier molecular flexibility index (Phi) is 4.86. The van der Waals surface area contributed by atoms with Crippen molar-refractivity contribution in [3.63, 3.8) is 0 Å². The van der Waals surface area contributed by atoms with Crippen LogP contribution in [0.2, 0.25) is 10.0 Å². The first-order chi connectivity index (χ1) is 9.54. The Morgan fingerprint density at radius 1 is 1.05 bits per heavy atom. The summed E-state index contributed by atoms with van der Waals surface area (Å²) in [5.41, 5.74) is 5.64. The number of piperazine rings is 1. The second-order valence-corrected chi connectivity index (χ2v) is 5.29. The van der Waals surface area contributed by atoms with Crippen molar-refractivity contribution in [1.82, 2.24) is 9.80 Å². The van der Waals surface area contributed by atoms with Gasteiger partial charge in [0.15, 0.2) is 0 Å². The first-order valence-electron chi connectivity index (χ1n) is 6.25. The molecule has 7 heteroatoms. The van der Waals surface area contributed by atoms with E-state index in [-0.39, 0.29) is 18.4 Å². The van der Waals surface area contributed by atoms with E-state index >= 15 is 0 Å². The molecule has 1 aliphatic heterocycles. The van der Waals surface area contributed by atoms with Crippen molar-refractivity contribution < 1.29 is 9.59 Å². The SMILES string of the molecule is NCC(=O)N1CCN(C(=O)c2c(Cl)cccc2Cl)CC1. The van der Waals surface area contributed by atoms with E-state index in [1.165, 1.54) is 0 Å². The van der Waals surface area contributed by atoms with Crippen molar-refractivity contribution in [3.05, 3.63) is 33.8 Å². The third-order valence-corrected chi connectivity index (χ3v) is 3.90. The lowest BCUT2D eigenvalue weighted by molar-refractivity contribution is -0.131. The number of nitrogens with two attached hydrogens (primary N) is 1. The van der Waals surface area contributed by atoms with Crippen LogP contribution >= 0.6 is 23.2 Å². The normalized spacial score (nSPS) is 15.3. The molecule has 1 saturated heterocycles. The van der Waals surface area contributed by atoms with Crippen LogP contribution in [0.5, 0.6) is 0 Å². The second-order valence-electron chi connectivity index (χ2n) is 4.47. The first-order valence-corrected chi connectivity index (χ1v) is 7.01. The highest BCUT2D eigenvalue weighted by Crippen LogP contribution is 2.26. The van der Waals surface area contributed by atoms with Crippen molar-refractivity contribution in [1.29, 1.82) is 0 Å². The zero-order chi connectivity index (χ0) is 14.7. The molecule has 1 heterocycles. The average Bonchev–Trinajstić information content (AvgIpc) is 2.46. The fourth-order valence-corrected chi connectivity index (χ4v) is 2.71. The topological polar surface area (TPSA) is 66.6 Å². The van der Waals surface area contributed by atoms with Gasteiger partial charge in [0.1, 0.15) is 0 Å². The predicted octanol–water partition coefficient (Wildman–Crippen LogP) is 1.24. The fraction of sp³-hybridized carbons (Fsp3) is 0.385. The molecule has 1 aromatic rings. The Morgan fingerprint density at radius 2 is 1.55 bits per heavy atom. The summed E-state index contributed by atoms with van der Waals surface area (Å²) < 4.78 is 0. The van der Waals surface area contributed by atoms with Gasteiger partial charge in [-0.3, -0.25) is 9.59 Å². The van der Waals surface area contributed by atoms with Gasteiger partial charge in [-0.2, -0.15) is 0 Å².